The summed E-state index contributed by atoms with van der Waals surface area (Å²) >= 11 is 0. The van der Waals surface area contributed by atoms with Crippen LogP contribution in [-0.2, 0) is 13.6 Å². The second kappa shape index (κ2) is 7.46. The molecule has 0 N–H and O–H groups in total. The Labute approximate surface area is 108 Å². The molecule has 0 amide bonds. The van der Waals surface area contributed by atoms with Crippen molar-refractivity contribution in [3.63, 3.8) is 0 Å². The zero-order valence-corrected chi connectivity index (χ0v) is 14.3. The molecular weight excluding hydrogens is 248 g/mol. The van der Waals surface area contributed by atoms with Crippen LogP contribution in [0.5, 0.6) is 0 Å². The van der Waals surface area contributed by atoms with E-state index in [1.807, 2.05) is 0 Å². The zero-order chi connectivity index (χ0) is 13.5. The van der Waals surface area contributed by atoms with Crippen LogP contribution in [-0.4, -0.2) is 35.6 Å². The fourth-order valence-electron chi connectivity index (χ4n) is 1.24. The van der Waals surface area contributed by atoms with E-state index in [9.17, 15) is 4.79 Å². The molecule has 5 heteroatoms. The second-order valence-corrected chi connectivity index (χ2v) is 15.3. The van der Waals surface area contributed by atoms with Crippen LogP contribution in [0.1, 0.15) is 19.3 Å². The molecule has 3 nitrogen and oxygen atoms in total. The number of carbonyl (C=O) groups excluding carboxylic acids is 1. The summed E-state index contributed by atoms with van der Waals surface area (Å²) in [6.07, 6.45) is 2.02. The Bertz CT molecular complexity index is 229. The molecule has 0 atom stereocenters. The van der Waals surface area contributed by atoms with Crippen LogP contribution in [0.4, 0.5) is 0 Å². The van der Waals surface area contributed by atoms with Crippen LogP contribution in [0.15, 0.2) is 0 Å². The van der Waals surface area contributed by atoms with Crippen molar-refractivity contribution in [3.8, 4) is 0 Å². The molecule has 0 spiro atoms. The summed E-state index contributed by atoms with van der Waals surface area (Å²) in [4.78, 5) is 11.5. The lowest BCUT2D eigenvalue weighted by Crippen LogP contribution is -2.27. The van der Waals surface area contributed by atoms with Crippen LogP contribution in [0, 0.1) is 0 Å². The SMILES string of the molecule is C[Si](C)(C)OCCCC(=O)CCO[Si](C)(C)C. The van der Waals surface area contributed by atoms with Gasteiger partial charge < -0.3 is 8.85 Å². The fraction of sp³-hybridized carbons (Fsp3) is 0.917. The molecule has 0 radical (unpaired) electrons. The van der Waals surface area contributed by atoms with E-state index in [2.05, 4.69) is 39.3 Å². The van der Waals surface area contributed by atoms with Gasteiger partial charge in [-0.15, -0.1) is 0 Å². The number of rotatable bonds is 9. The average molecular weight is 277 g/mol. The Morgan fingerprint density at radius 1 is 0.824 bits per heavy atom. The van der Waals surface area contributed by atoms with Gasteiger partial charge in [0.05, 0.1) is 0 Å². The average Bonchev–Trinajstić information content (AvgIpc) is 2.09. The van der Waals surface area contributed by atoms with Crippen molar-refractivity contribution in [2.24, 2.45) is 0 Å². The maximum atomic E-state index is 11.5. The number of Topliss-reactive ketones (excluding diaryl/α,β-unsaturated/α-hetero) is 1. The third-order valence-electron chi connectivity index (χ3n) is 2.05. The lowest BCUT2D eigenvalue weighted by Gasteiger charge is -2.17. The Balaban J connectivity index is 3.48. The Morgan fingerprint density at radius 3 is 1.76 bits per heavy atom. The van der Waals surface area contributed by atoms with Crippen molar-refractivity contribution in [1.29, 1.82) is 0 Å². The normalized spacial score (nSPS) is 12.8. The van der Waals surface area contributed by atoms with Gasteiger partial charge in [0, 0.05) is 26.1 Å². The molecule has 0 heterocycles. The van der Waals surface area contributed by atoms with Gasteiger partial charge in [-0.2, -0.15) is 0 Å². The third-order valence-corrected chi connectivity index (χ3v) is 4.19. The van der Waals surface area contributed by atoms with Crippen molar-refractivity contribution in [2.45, 2.75) is 58.5 Å². The predicted octanol–water partition coefficient (Wildman–Crippen LogP) is 3.43. The molecule has 0 saturated carbocycles. The van der Waals surface area contributed by atoms with Gasteiger partial charge in [0.15, 0.2) is 16.6 Å². The van der Waals surface area contributed by atoms with E-state index in [4.69, 9.17) is 8.85 Å². The summed E-state index contributed by atoms with van der Waals surface area (Å²) in [5.41, 5.74) is 0. The van der Waals surface area contributed by atoms with Gasteiger partial charge >= 0.3 is 0 Å². The van der Waals surface area contributed by atoms with Crippen LogP contribution >= 0.6 is 0 Å². The summed E-state index contributed by atoms with van der Waals surface area (Å²) in [5.74, 6) is 0.294. The van der Waals surface area contributed by atoms with E-state index < -0.39 is 16.6 Å². The maximum Gasteiger partial charge on any atom is 0.183 e. The summed E-state index contributed by atoms with van der Waals surface area (Å²) in [6.45, 7) is 14.2. The molecule has 0 aromatic rings. The largest absolute Gasteiger partial charge is 0.418 e. The van der Waals surface area contributed by atoms with Gasteiger partial charge in [-0.05, 0) is 45.7 Å². The van der Waals surface area contributed by atoms with Crippen LogP contribution in [0.3, 0.4) is 0 Å². The number of hydrogen-bond acceptors (Lipinski definition) is 3. The predicted molar refractivity (Wildman–Crippen MR) is 77.5 cm³/mol. The van der Waals surface area contributed by atoms with Crippen LogP contribution in [0.25, 0.3) is 0 Å². The number of ketones is 1. The highest BCUT2D eigenvalue weighted by molar-refractivity contribution is 6.70. The van der Waals surface area contributed by atoms with Gasteiger partial charge in [-0.25, -0.2) is 0 Å². The molecular formula is C12H28O3Si2. The van der Waals surface area contributed by atoms with Crippen molar-refractivity contribution >= 4 is 22.4 Å². The lowest BCUT2D eigenvalue weighted by molar-refractivity contribution is -0.119. The lowest BCUT2D eigenvalue weighted by atomic mass is 10.2. The zero-order valence-electron chi connectivity index (χ0n) is 12.3. The topological polar surface area (TPSA) is 35.5 Å². The molecule has 0 bridgehead atoms. The Hall–Kier alpha value is 0.0238. The molecule has 0 aromatic heterocycles. The quantitative estimate of drug-likeness (QED) is 0.478. The molecule has 0 fully saturated rings. The Kier molecular flexibility index (Phi) is 7.47. The van der Waals surface area contributed by atoms with Gasteiger partial charge in [0.1, 0.15) is 5.78 Å². The van der Waals surface area contributed by atoms with E-state index in [1.54, 1.807) is 0 Å². The monoisotopic (exact) mass is 276 g/mol. The highest BCUT2D eigenvalue weighted by atomic mass is 28.4. The molecule has 0 rings (SSSR count). The van der Waals surface area contributed by atoms with Gasteiger partial charge in [-0.1, -0.05) is 0 Å². The summed E-state index contributed by atoms with van der Waals surface area (Å²) in [6, 6.07) is 0. The van der Waals surface area contributed by atoms with Crippen molar-refractivity contribution in [2.75, 3.05) is 13.2 Å². The fourth-order valence-corrected chi connectivity index (χ4v) is 2.71. The van der Waals surface area contributed by atoms with Crippen molar-refractivity contribution in [3.05, 3.63) is 0 Å². The smallest absolute Gasteiger partial charge is 0.183 e. The molecule has 0 aromatic carbocycles. The van der Waals surface area contributed by atoms with Gasteiger partial charge in [0.2, 0.25) is 0 Å². The van der Waals surface area contributed by atoms with Crippen molar-refractivity contribution < 1.29 is 13.6 Å². The number of hydrogen-bond donors (Lipinski definition) is 0. The van der Waals surface area contributed by atoms with E-state index in [0.29, 0.717) is 25.2 Å². The van der Waals surface area contributed by atoms with E-state index in [1.165, 1.54) is 0 Å². The first-order valence-corrected chi connectivity index (χ1v) is 13.2. The molecule has 0 aliphatic carbocycles. The molecule has 17 heavy (non-hydrogen) atoms. The molecule has 0 saturated heterocycles. The first kappa shape index (κ1) is 17.0. The first-order chi connectivity index (χ1) is 7.60. The minimum atomic E-state index is -1.46. The molecule has 0 unspecified atom stereocenters. The minimum absolute atomic E-state index is 0.294. The van der Waals surface area contributed by atoms with Crippen molar-refractivity contribution in [1.82, 2.24) is 0 Å². The Morgan fingerprint density at radius 2 is 1.29 bits per heavy atom. The van der Waals surface area contributed by atoms with E-state index in [-0.39, 0.29) is 0 Å². The minimum Gasteiger partial charge on any atom is -0.418 e. The maximum absolute atomic E-state index is 11.5. The molecule has 0 aliphatic rings. The standard InChI is InChI=1S/C12H28O3Si2/c1-16(2,3)14-10-7-8-12(13)9-11-15-17(4,5)6/h7-11H2,1-6H3. The van der Waals surface area contributed by atoms with Crippen LogP contribution < -0.4 is 0 Å². The highest BCUT2D eigenvalue weighted by Gasteiger charge is 2.15. The van der Waals surface area contributed by atoms with Crippen LogP contribution in [0.2, 0.25) is 39.3 Å². The van der Waals surface area contributed by atoms with E-state index in [0.717, 1.165) is 13.0 Å². The number of carbonyl (C=O) groups is 1. The van der Waals surface area contributed by atoms with Gasteiger partial charge in [0.25, 0.3) is 0 Å². The highest BCUT2D eigenvalue weighted by Crippen LogP contribution is 2.06. The molecule has 0 aliphatic heterocycles. The van der Waals surface area contributed by atoms with Gasteiger partial charge in [-0.3, -0.25) is 4.79 Å². The summed E-state index contributed by atoms with van der Waals surface area (Å²) in [7, 11) is -2.87. The molecule has 102 valence electrons. The summed E-state index contributed by atoms with van der Waals surface area (Å²) in [5, 5.41) is 0. The first-order valence-electron chi connectivity index (χ1n) is 6.40. The third kappa shape index (κ3) is 14.0. The second-order valence-electron chi connectivity index (χ2n) is 6.31. The van der Waals surface area contributed by atoms with E-state index >= 15 is 0 Å². The summed E-state index contributed by atoms with van der Waals surface area (Å²) < 4.78 is 11.4.